The van der Waals surface area contributed by atoms with Crippen LogP contribution in [0.25, 0.3) is 0 Å². The van der Waals surface area contributed by atoms with E-state index in [1.807, 2.05) is 24.3 Å². The molecule has 2 aromatic carbocycles. The van der Waals surface area contributed by atoms with Crippen molar-refractivity contribution in [3.05, 3.63) is 59.2 Å². The summed E-state index contributed by atoms with van der Waals surface area (Å²) >= 11 is 0. The second-order valence-corrected chi connectivity index (χ2v) is 14.1. The highest BCUT2D eigenvalue weighted by molar-refractivity contribution is 6.23. The molecule has 0 aromatic heterocycles. The first-order chi connectivity index (χ1) is 21.3. The molecule has 0 bridgehead atoms. The third-order valence-corrected chi connectivity index (χ3v) is 9.81. The summed E-state index contributed by atoms with van der Waals surface area (Å²) in [5.74, 6) is -2.04. The molecule has 11 nitrogen and oxygen atoms in total. The number of fused-ring (bicyclic) bond motifs is 1. The van der Waals surface area contributed by atoms with Crippen molar-refractivity contribution < 1.29 is 24.0 Å². The van der Waals surface area contributed by atoms with Gasteiger partial charge in [-0.05, 0) is 66.1 Å². The molecule has 4 aliphatic rings. The van der Waals surface area contributed by atoms with Gasteiger partial charge in [-0.15, -0.1) is 0 Å². The molecule has 0 radical (unpaired) electrons. The van der Waals surface area contributed by atoms with Crippen LogP contribution >= 0.6 is 0 Å². The molecule has 3 heterocycles. The fraction of sp³-hybridized carbons (Fsp3) is 0.500. The number of nitrogens with one attached hydrogen (secondary N) is 3. The molecule has 1 saturated carbocycles. The smallest absolute Gasteiger partial charge is 0.262 e. The van der Waals surface area contributed by atoms with Crippen LogP contribution in [-0.4, -0.2) is 90.7 Å². The van der Waals surface area contributed by atoms with Crippen LogP contribution in [0, 0.1) is 10.8 Å². The average Bonchev–Trinajstić information content (AvgIpc) is 3.24. The lowest BCUT2D eigenvalue weighted by Crippen LogP contribution is -2.63. The van der Waals surface area contributed by atoms with Gasteiger partial charge in [-0.1, -0.05) is 27.7 Å². The predicted octanol–water partition coefficient (Wildman–Crippen LogP) is 2.88. The highest BCUT2D eigenvalue weighted by Crippen LogP contribution is 2.53. The minimum atomic E-state index is -0.972. The van der Waals surface area contributed by atoms with Crippen molar-refractivity contribution in [3.8, 4) is 0 Å². The molecule has 6 rings (SSSR count). The molecule has 2 saturated heterocycles. The van der Waals surface area contributed by atoms with Crippen molar-refractivity contribution in [3.63, 3.8) is 0 Å². The molecular formula is C34H42N6O5. The van der Waals surface area contributed by atoms with Crippen LogP contribution in [-0.2, 0) is 9.59 Å². The highest BCUT2D eigenvalue weighted by Gasteiger charge is 2.53. The maximum absolute atomic E-state index is 13.1. The molecule has 0 spiro atoms. The fourth-order valence-electron chi connectivity index (χ4n) is 7.90. The summed E-state index contributed by atoms with van der Waals surface area (Å²) in [5.41, 5.74) is 3.27. The Labute approximate surface area is 263 Å². The Balaban J connectivity index is 0.965. The van der Waals surface area contributed by atoms with E-state index in [9.17, 15) is 24.0 Å². The highest BCUT2D eigenvalue weighted by atomic mass is 16.2. The van der Waals surface area contributed by atoms with Gasteiger partial charge >= 0.3 is 0 Å². The zero-order valence-electron chi connectivity index (χ0n) is 26.4. The molecule has 5 amide bonds. The van der Waals surface area contributed by atoms with Crippen molar-refractivity contribution in [2.75, 3.05) is 49.5 Å². The molecule has 1 atom stereocenters. The number of piperidine rings is 1. The average molecular weight is 615 g/mol. The molecule has 3 fully saturated rings. The Morgan fingerprint density at radius 1 is 0.889 bits per heavy atom. The summed E-state index contributed by atoms with van der Waals surface area (Å²) in [6, 6.07) is 12.1. The second-order valence-electron chi connectivity index (χ2n) is 14.1. The van der Waals surface area contributed by atoms with Crippen LogP contribution in [0.15, 0.2) is 42.5 Å². The van der Waals surface area contributed by atoms with Crippen LogP contribution < -0.4 is 20.9 Å². The van der Waals surface area contributed by atoms with Crippen LogP contribution in [0.4, 0.5) is 11.4 Å². The van der Waals surface area contributed by atoms with Crippen molar-refractivity contribution in [1.82, 2.24) is 20.4 Å². The van der Waals surface area contributed by atoms with Gasteiger partial charge in [0.05, 0.1) is 11.1 Å². The van der Waals surface area contributed by atoms with Crippen LogP contribution in [0.3, 0.4) is 0 Å². The number of benzene rings is 2. The van der Waals surface area contributed by atoms with E-state index in [2.05, 4.69) is 53.4 Å². The summed E-state index contributed by atoms with van der Waals surface area (Å²) in [7, 11) is 0. The Kier molecular flexibility index (Phi) is 7.93. The summed E-state index contributed by atoms with van der Waals surface area (Å²) in [5, 5.41) is 8.84. The van der Waals surface area contributed by atoms with E-state index in [4.69, 9.17) is 0 Å². The van der Waals surface area contributed by atoms with E-state index in [0.29, 0.717) is 12.1 Å². The lowest BCUT2D eigenvalue weighted by Gasteiger charge is -2.57. The van der Waals surface area contributed by atoms with E-state index >= 15 is 0 Å². The quantitative estimate of drug-likeness (QED) is 0.387. The van der Waals surface area contributed by atoms with Gasteiger partial charge in [0, 0.05) is 68.7 Å². The molecule has 3 aliphatic heterocycles. The van der Waals surface area contributed by atoms with Crippen molar-refractivity contribution >= 4 is 40.9 Å². The van der Waals surface area contributed by atoms with E-state index in [1.54, 1.807) is 18.2 Å². The number of imide groups is 2. The van der Waals surface area contributed by atoms with Crippen molar-refractivity contribution in [2.24, 2.45) is 10.8 Å². The summed E-state index contributed by atoms with van der Waals surface area (Å²) in [6.45, 7) is 13.9. The molecule has 238 valence electrons. The number of carbonyl (C=O) groups is 5. The lowest BCUT2D eigenvalue weighted by molar-refractivity contribution is -0.136. The predicted molar refractivity (Wildman–Crippen MR) is 170 cm³/mol. The van der Waals surface area contributed by atoms with E-state index < -0.39 is 29.7 Å². The van der Waals surface area contributed by atoms with Crippen LogP contribution in [0.1, 0.15) is 78.0 Å². The van der Waals surface area contributed by atoms with Crippen molar-refractivity contribution in [1.29, 1.82) is 0 Å². The summed E-state index contributed by atoms with van der Waals surface area (Å²) in [6.07, 6.45) is 1.32. The third-order valence-electron chi connectivity index (χ3n) is 9.81. The number of carbonyl (C=O) groups excluding carboxylic acids is 5. The van der Waals surface area contributed by atoms with Gasteiger partial charge in [0.15, 0.2) is 0 Å². The normalized spacial score (nSPS) is 23.0. The minimum Gasteiger partial charge on any atom is -0.384 e. The number of nitrogens with zero attached hydrogens (tertiary/aromatic N) is 3. The largest absolute Gasteiger partial charge is 0.384 e. The lowest BCUT2D eigenvalue weighted by atomic mass is 9.52. The van der Waals surface area contributed by atoms with Crippen LogP contribution in [0.2, 0.25) is 0 Å². The van der Waals surface area contributed by atoms with Gasteiger partial charge in [0.25, 0.3) is 17.7 Å². The first-order valence-electron chi connectivity index (χ1n) is 15.8. The monoisotopic (exact) mass is 614 g/mol. The molecule has 1 unspecified atom stereocenters. The molecule has 11 heteroatoms. The number of amides is 5. The van der Waals surface area contributed by atoms with Gasteiger partial charge in [0.1, 0.15) is 6.04 Å². The second kappa shape index (κ2) is 11.6. The molecule has 3 N–H and O–H groups in total. The molecule has 45 heavy (non-hydrogen) atoms. The number of rotatable bonds is 8. The first-order valence-corrected chi connectivity index (χ1v) is 15.8. The van der Waals surface area contributed by atoms with Gasteiger partial charge in [-0.2, -0.15) is 0 Å². The maximum Gasteiger partial charge on any atom is 0.262 e. The zero-order chi connectivity index (χ0) is 32.1. The molecular weight excluding hydrogens is 572 g/mol. The number of piperazine rings is 1. The standard InChI is InChI=1S/C34H42N6O5/c1-33(2)20-34(3,4)32(33)37-28(42)21-5-8-23(9-6-21)39-17-15-38(16-18-39)14-13-35-22-7-10-24-25(19-22)31(45)40(30(24)44)26-11-12-27(41)36-29(26)43/h5-10,19,26,32,35H,11-18,20H2,1-4H3,(H,37,42)(H,36,41,43). The Morgan fingerprint density at radius 2 is 1.56 bits per heavy atom. The topological polar surface area (TPSA) is 131 Å². The first kappa shape index (κ1) is 30.8. The number of anilines is 2. The van der Waals surface area contributed by atoms with Crippen molar-refractivity contribution in [2.45, 2.75) is 59.0 Å². The van der Waals surface area contributed by atoms with Gasteiger partial charge in [-0.3, -0.25) is 39.1 Å². The summed E-state index contributed by atoms with van der Waals surface area (Å²) < 4.78 is 0. The zero-order valence-corrected chi connectivity index (χ0v) is 26.4. The maximum atomic E-state index is 13.1. The number of hydrogen-bond donors (Lipinski definition) is 3. The number of hydrogen-bond acceptors (Lipinski definition) is 8. The van der Waals surface area contributed by atoms with E-state index in [0.717, 1.165) is 55.4 Å². The SMILES string of the molecule is CC1(C)CC(C)(C)C1NC(=O)c1ccc(N2CCN(CCNc3ccc4c(c3)C(=O)N(C3CCC(=O)NC3=O)C4=O)CC2)cc1. The van der Waals surface area contributed by atoms with E-state index in [-0.39, 0.29) is 46.7 Å². The third kappa shape index (κ3) is 5.93. The molecule has 1 aliphatic carbocycles. The Morgan fingerprint density at radius 3 is 2.20 bits per heavy atom. The van der Waals surface area contributed by atoms with Gasteiger partial charge in [-0.25, -0.2) is 0 Å². The van der Waals surface area contributed by atoms with E-state index in [1.165, 1.54) is 0 Å². The Bertz CT molecular complexity index is 1530. The van der Waals surface area contributed by atoms with Gasteiger partial charge in [0.2, 0.25) is 11.8 Å². The van der Waals surface area contributed by atoms with Gasteiger partial charge < -0.3 is 15.5 Å². The molecule has 2 aromatic rings. The van der Waals surface area contributed by atoms with Crippen LogP contribution in [0.5, 0.6) is 0 Å². The Hall–Kier alpha value is -4.25. The summed E-state index contributed by atoms with van der Waals surface area (Å²) in [4.78, 5) is 68.5. The minimum absolute atomic E-state index is 0.0179. The fourth-order valence-corrected chi connectivity index (χ4v) is 7.90.